The molecule has 1 aromatic carbocycles. The molecule has 1 N–H and O–H groups in total. The zero-order valence-corrected chi connectivity index (χ0v) is 14.8. The Kier molecular flexibility index (Phi) is 5.04. The van der Waals surface area contributed by atoms with Crippen LogP contribution >= 0.6 is 34.8 Å². The van der Waals surface area contributed by atoms with E-state index in [2.05, 4.69) is 20.5 Å². The third kappa shape index (κ3) is 3.70. The number of benzene rings is 1. The lowest BCUT2D eigenvalue weighted by molar-refractivity contribution is 1.06. The molecule has 0 spiro atoms. The summed E-state index contributed by atoms with van der Waals surface area (Å²) in [6, 6.07) is 9.44. The number of hydrogen-bond acceptors (Lipinski definition) is 4. The molecule has 3 aromatic rings. The highest BCUT2D eigenvalue weighted by atomic mass is 35.5. The molecule has 0 unspecified atom stereocenters. The molecule has 0 atom stereocenters. The first-order chi connectivity index (χ1) is 11.5. The van der Waals surface area contributed by atoms with Gasteiger partial charge >= 0.3 is 0 Å². The van der Waals surface area contributed by atoms with Gasteiger partial charge in [0.15, 0.2) is 5.82 Å². The number of nitrogens with one attached hydrogen (secondary N) is 1. The van der Waals surface area contributed by atoms with E-state index in [1.165, 1.54) is 6.07 Å². The molecule has 2 heterocycles. The summed E-state index contributed by atoms with van der Waals surface area (Å²) in [6.07, 6.45) is 5.36. The van der Waals surface area contributed by atoms with Gasteiger partial charge in [-0.15, -0.1) is 0 Å². The fourth-order valence-electron chi connectivity index (χ4n) is 2.01. The molecule has 0 aliphatic rings. The molecule has 2 aromatic heterocycles. The summed E-state index contributed by atoms with van der Waals surface area (Å²) in [7, 11) is 0. The highest BCUT2D eigenvalue weighted by Crippen LogP contribution is 2.28. The Bertz CT molecular complexity index is 873. The minimum absolute atomic E-state index is 0.168. The van der Waals surface area contributed by atoms with Crippen LogP contribution in [0.25, 0.3) is 5.69 Å². The van der Waals surface area contributed by atoms with Crippen LogP contribution < -0.4 is 5.43 Å². The van der Waals surface area contributed by atoms with E-state index in [4.69, 9.17) is 34.8 Å². The normalized spacial score (nSPS) is 11.6. The quantitative estimate of drug-likeness (QED) is 0.391. The van der Waals surface area contributed by atoms with Gasteiger partial charge < -0.3 is 4.57 Å². The zero-order valence-electron chi connectivity index (χ0n) is 12.5. The van der Waals surface area contributed by atoms with Crippen LogP contribution in [0.5, 0.6) is 0 Å². The van der Waals surface area contributed by atoms with Crippen molar-refractivity contribution in [1.29, 1.82) is 0 Å². The fourth-order valence-corrected chi connectivity index (χ4v) is 2.55. The average Bonchev–Trinajstić information content (AvgIpc) is 3.11. The van der Waals surface area contributed by atoms with Crippen LogP contribution in [0.4, 0.5) is 5.82 Å². The monoisotopic (exact) mass is 379 g/mol. The Labute approximate surface area is 153 Å². The van der Waals surface area contributed by atoms with E-state index >= 15 is 0 Å². The first-order valence-corrected chi connectivity index (χ1v) is 8.08. The lowest BCUT2D eigenvalue weighted by atomic mass is 10.1. The van der Waals surface area contributed by atoms with E-state index in [1.807, 2.05) is 42.0 Å². The molecule has 0 amide bonds. The SMILES string of the molecule is CC(=NNc1nc(Cl)c(Cl)cc1Cl)c1ccc(-n2ccnc2)cc1. The summed E-state index contributed by atoms with van der Waals surface area (Å²) in [4.78, 5) is 8.09. The molecule has 122 valence electrons. The van der Waals surface area contributed by atoms with Crippen molar-refractivity contribution < 1.29 is 0 Å². The largest absolute Gasteiger partial charge is 0.306 e. The van der Waals surface area contributed by atoms with E-state index in [0.29, 0.717) is 15.9 Å². The van der Waals surface area contributed by atoms with E-state index in [0.717, 1.165) is 17.0 Å². The number of hydrogen-bond donors (Lipinski definition) is 1. The fraction of sp³-hybridized carbons (Fsp3) is 0.0625. The maximum Gasteiger partial charge on any atom is 0.166 e. The minimum Gasteiger partial charge on any atom is -0.306 e. The predicted molar refractivity (Wildman–Crippen MR) is 98.7 cm³/mol. The zero-order chi connectivity index (χ0) is 17.1. The smallest absolute Gasteiger partial charge is 0.166 e. The first kappa shape index (κ1) is 16.8. The van der Waals surface area contributed by atoms with Gasteiger partial charge in [0.2, 0.25) is 0 Å². The van der Waals surface area contributed by atoms with Crippen LogP contribution in [0.15, 0.2) is 54.2 Å². The third-order valence-electron chi connectivity index (χ3n) is 3.30. The summed E-state index contributed by atoms with van der Waals surface area (Å²) >= 11 is 17.8. The Balaban J connectivity index is 1.77. The van der Waals surface area contributed by atoms with Gasteiger partial charge in [-0.3, -0.25) is 5.43 Å². The molecule has 0 radical (unpaired) electrons. The van der Waals surface area contributed by atoms with Crippen molar-refractivity contribution in [3.8, 4) is 5.69 Å². The predicted octanol–water partition coefficient (Wildman–Crippen LogP) is 5.06. The molecule has 5 nitrogen and oxygen atoms in total. The van der Waals surface area contributed by atoms with E-state index in [9.17, 15) is 0 Å². The number of aromatic nitrogens is 3. The van der Waals surface area contributed by atoms with Crippen LogP contribution in [0, 0.1) is 0 Å². The molecule has 0 aliphatic carbocycles. The highest BCUT2D eigenvalue weighted by Gasteiger charge is 2.07. The second kappa shape index (κ2) is 7.21. The van der Waals surface area contributed by atoms with Crippen molar-refractivity contribution in [2.45, 2.75) is 6.92 Å². The molecular formula is C16H12Cl3N5. The van der Waals surface area contributed by atoms with Crippen molar-refractivity contribution in [3.05, 3.63) is 69.8 Å². The standard InChI is InChI=1S/C16H12Cl3N5/c1-10(22-23-16-14(18)8-13(17)15(19)21-16)11-2-4-12(5-3-11)24-7-6-20-9-24/h2-9H,1H3,(H,21,23). The van der Waals surface area contributed by atoms with Gasteiger partial charge in [0, 0.05) is 18.1 Å². The number of halogens is 3. The minimum atomic E-state index is 0.168. The van der Waals surface area contributed by atoms with E-state index in [-0.39, 0.29) is 5.15 Å². The molecule has 0 saturated heterocycles. The van der Waals surface area contributed by atoms with Gasteiger partial charge in [-0.2, -0.15) is 5.10 Å². The second-order valence-electron chi connectivity index (χ2n) is 4.92. The van der Waals surface area contributed by atoms with Gasteiger partial charge in [0.05, 0.1) is 22.1 Å². The topological polar surface area (TPSA) is 55.1 Å². The molecule has 0 saturated carbocycles. The van der Waals surface area contributed by atoms with E-state index in [1.54, 1.807) is 12.5 Å². The number of pyridine rings is 1. The summed E-state index contributed by atoms with van der Waals surface area (Å²) < 4.78 is 1.92. The summed E-state index contributed by atoms with van der Waals surface area (Å²) in [5.41, 5.74) is 5.56. The van der Waals surface area contributed by atoms with Crippen LogP contribution in [0.3, 0.4) is 0 Å². The summed E-state index contributed by atoms with van der Waals surface area (Å²) in [5.74, 6) is 0.348. The number of nitrogens with zero attached hydrogens (tertiary/aromatic N) is 4. The first-order valence-electron chi connectivity index (χ1n) is 6.95. The molecular weight excluding hydrogens is 369 g/mol. The van der Waals surface area contributed by atoms with E-state index < -0.39 is 0 Å². The molecule has 0 bridgehead atoms. The van der Waals surface area contributed by atoms with Crippen molar-refractivity contribution in [1.82, 2.24) is 14.5 Å². The van der Waals surface area contributed by atoms with Crippen molar-refractivity contribution in [2.24, 2.45) is 5.10 Å². The number of hydrazone groups is 1. The van der Waals surface area contributed by atoms with Crippen molar-refractivity contribution >= 4 is 46.3 Å². The molecule has 24 heavy (non-hydrogen) atoms. The van der Waals surface area contributed by atoms with Gasteiger partial charge in [-0.1, -0.05) is 46.9 Å². The molecule has 8 heteroatoms. The van der Waals surface area contributed by atoms with Gasteiger partial charge in [0.25, 0.3) is 0 Å². The van der Waals surface area contributed by atoms with Crippen LogP contribution in [-0.2, 0) is 0 Å². The Morgan fingerprint density at radius 2 is 1.88 bits per heavy atom. The average molecular weight is 381 g/mol. The highest BCUT2D eigenvalue weighted by molar-refractivity contribution is 6.42. The van der Waals surface area contributed by atoms with Crippen LogP contribution in [-0.4, -0.2) is 20.2 Å². The molecule has 0 fully saturated rings. The third-order valence-corrected chi connectivity index (χ3v) is 4.26. The molecule has 3 rings (SSSR count). The number of imidazole rings is 1. The number of anilines is 1. The summed E-state index contributed by atoms with van der Waals surface area (Å²) in [5, 5.41) is 5.09. The lowest BCUT2D eigenvalue weighted by Gasteiger charge is -2.07. The lowest BCUT2D eigenvalue weighted by Crippen LogP contribution is -2.02. The molecule has 0 aliphatic heterocycles. The van der Waals surface area contributed by atoms with Crippen LogP contribution in [0.2, 0.25) is 15.2 Å². The van der Waals surface area contributed by atoms with Crippen molar-refractivity contribution in [2.75, 3.05) is 5.43 Å². The maximum atomic E-state index is 6.06. The second-order valence-corrected chi connectivity index (χ2v) is 6.09. The summed E-state index contributed by atoms with van der Waals surface area (Å²) in [6.45, 7) is 1.88. The van der Waals surface area contributed by atoms with Gasteiger partial charge in [-0.05, 0) is 30.7 Å². The Hall–Kier alpha value is -2.08. The number of rotatable bonds is 4. The van der Waals surface area contributed by atoms with Gasteiger partial charge in [-0.25, -0.2) is 9.97 Å². The van der Waals surface area contributed by atoms with Gasteiger partial charge in [0.1, 0.15) is 5.15 Å². The van der Waals surface area contributed by atoms with Crippen LogP contribution in [0.1, 0.15) is 12.5 Å². The Morgan fingerprint density at radius 1 is 1.12 bits per heavy atom. The Morgan fingerprint density at radius 3 is 2.54 bits per heavy atom. The maximum absolute atomic E-state index is 6.06. The van der Waals surface area contributed by atoms with Crippen molar-refractivity contribution in [3.63, 3.8) is 0 Å².